The van der Waals surface area contributed by atoms with Crippen LogP contribution in [-0.4, -0.2) is 94.8 Å². The smallest absolute Gasteiger partial charge is 0.318 e. The predicted molar refractivity (Wildman–Crippen MR) is 169 cm³/mol. The lowest BCUT2D eigenvalue weighted by Crippen LogP contribution is -2.50. The third-order valence-electron chi connectivity index (χ3n) is 10.1. The fraction of sp³-hybridized carbons (Fsp3) is 0.485. The number of hydrogen-bond acceptors (Lipinski definition) is 8. The molecule has 2 unspecified atom stereocenters. The molecule has 12 heteroatoms. The van der Waals surface area contributed by atoms with E-state index in [0.29, 0.717) is 57.7 Å². The molecule has 238 valence electrons. The van der Waals surface area contributed by atoms with E-state index in [-0.39, 0.29) is 29.2 Å². The fourth-order valence-electron chi connectivity index (χ4n) is 7.77. The summed E-state index contributed by atoms with van der Waals surface area (Å²) in [5.74, 6) is -1.33. The molecule has 0 bridgehead atoms. The van der Waals surface area contributed by atoms with Gasteiger partial charge >= 0.3 is 6.01 Å². The quantitative estimate of drug-likeness (QED) is 0.379. The number of aromatic nitrogens is 2. The number of nitrogens with zero attached hydrogens (tertiary/aromatic N) is 6. The molecule has 3 aromatic rings. The van der Waals surface area contributed by atoms with E-state index in [9.17, 15) is 18.7 Å². The van der Waals surface area contributed by atoms with Crippen molar-refractivity contribution in [1.29, 1.82) is 0 Å². The number of ether oxygens (including phenoxy) is 1. The first-order chi connectivity index (χ1) is 21.8. The molecular weight excluding hydrogens is 602 g/mol. The SMILES string of the molecule is C=C(F)C(=O)N1CCN(c2nc(OCC34CCCN3C(CO)CC4)nc3c2CCN(c2cccc4ccc(F)c(Cl)c24)C3)CC1. The van der Waals surface area contributed by atoms with Gasteiger partial charge in [-0.2, -0.15) is 9.97 Å². The van der Waals surface area contributed by atoms with Gasteiger partial charge in [0.1, 0.15) is 18.2 Å². The van der Waals surface area contributed by atoms with E-state index >= 15 is 0 Å². The van der Waals surface area contributed by atoms with Crippen LogP contribution in [0.4, 0.5) is 20.3 Å². The molecule has 1 N–H and O–H groups in total. The average molecular weight is 639 g/mol. The number of rotatable bonds is 7. The van der Waals surface area contributed by atoms with Gasteiger partial charge in [-0.3, -0.25) is 9.69 Å². The maximum atomic E-state index is 14.6. The zero-order valence-corrected chi connectivity index (χ0v) is 25.9. The summed E-state index contributed by atoms with van der Waals surface area (Å²) in [7, 11) is 0. The summed E-state index contributed by atoms with van der Waals surface area (Å²) < 4.78 is 34.6. The van der Waals surface area contributed by atoms with Crippen LogP contribution in [0.5, 0.6) is 6.01 Å². The van der Waals surface area contributed by atoms with Crippen molar-refractivity contribution < 1.29 is 23.4 Å². The summed E-state index contributed by atoms with van der Waals surface area (Å²) in [6.07, 6.45) is 4.60. The number of aliphatic hydroxyl groups is 1. The molecule has 0 spiro atoms. The summed E-state index contributed by atoms with van der Waals surface area (Å²) in [5, 5.41) is 11.6. The van der Waals surface area contributed by atoms with Crippen molar-refractivity contribution >= 4 is 39.8 Å². The number of carbonyl (C=O) groups excluding carboxylic acids is 1. The van der Waals surface area contributed by atoms with E-state index in [4.69, 9.17) is 26.3 Å². The second-order valence-corrected chi connectivity index (χ2v) is 12.9. The molecule has 0 aliphatic carbocycles. The molecule has 2 atom stereocenters. The van der Waals surface area contributed by atoms with Gasteiger partial charge in [-0.1, -0.05) is 36.4 Å². The molecule has 2 aromatic carbocycles. The molecule has 4 aliphatic heterocycles. The topological polar surface area (TPSA) is 85.3 Å². The highest BCUT2D eigenvalue weighted by atomic mass is 35.5. The van der Waals surface area contributed by atoms with Crippen molar-refractivity contribution in [2.75, 3.05) is 62.3 Å². The molecule has 7 rings (SSSR count). The second-order valence-electron chi connectivity index (χ2n) is 12.5. The molecule has 3 fully saturated rings. The Labute approximate surface area is 266 Å². The Hall–Kier alpha value is -3.54. The number of aliphatic hydroxyl groups excluding tert-OH is 1. The number of carbonyl (C=O) groups is 1. The molecule has 45 heavy (non-hydrogen) atoms. The zero-order chi connectivity index (χ0) is 31.3. The van der Waals surface area contributed by atoms with Crippen LogP contribution in [-0.2, 0) is 17.8 Å². The molecule has 0 radical (unpaired) electrons. The monoisotopic (exact) mass is 638 g/mol. The molecule has 1 amide bonds. The van der Waals surface area contributed by atoms with E-state index in [1.807, 2.05) is 18.2 Å². The van der Waals surface area contributed by atoms with Crippen molar-refractivity contribution in [2.45, 2.75) is 50.2 Å². The Balaban J connectivity index is 1.20. The zero-order valence-electron chi connectivity index (χ0n) is 25.2. The highest BCUT2D eigenvalue weighted by Crippen LogP contribution is 2.43. The Morgan fingerprint density at radius 2 is 1.91 bits per heavy atom. The maximum Gasteiger partial charge on any atom is 0.318 e. The summed E-state index contributed by atoms with van der Waals surface area (Å²) in [6.45, 7) is 7.47. The van der Waals surface area contributed by atoms with E-state index in [1.54, 1.807) is 6.07 Å². The second kappa shape index (κ2) is 12.0. The third kappa shape index (κ3) is 5.38. The highest BCUT2D eigenvalue weighted by molar-refractivity contribution is 6.36. The van der Waals surface area contributed by atoms with Crippen LogP contribution in [0.3, 0.4) is 0 Å². The molecule has 3 saturated heterocycles. The molecule has 5 heterocycles. The summed E-state index contributed by atoms with van der Waals surface area (Å²) in [5.41, 5.74) is 2.53. The van der Waals surface area contributed by atoms with Gasteiger partial charge in [-0.05, 0) is 56.2 Å². The van der Waals surface area contributed by atoms with Crippen molar-refractivity contribution in [1.82, 2.24) is 19.8 Å². The molecule has 0 saturated carbocycles. The van der Waals surface area contributed by atoms with E-state index in [0.717, 1.165) is 60.4 Å². The maximum absolute atomic E-state index is 14.6. The van der Waals surface area contributed by atoms with Crippen LogP contribution in [0.1, 0.15) is 36.9 Å². The van der Waals surface area contributed by atoms with Gasteiger partial charge in [0.15, 0.2) is 5.83 Å². The van der Waals surface area contributed by atoms with Gasteiger partial charge in [0.05, 0.1) is 29.4 Å². The number of benzene rings is 2. The normalized spacial score (nSPS) is 23.4. The van der Waals surface area contributed by atoms with Crippen LogP contribution in [0.2, 0.25) is 5.02 Å². The van der Waals surface area contributed by atoms with Gasteiger partial charge < -0.3 is 24.5 Å². The van der Waals surface area contributed by atoms with Gasteiger partial charge in [-0.15, -0.1) is 0 Å². The van der Waals surface area contributed by atoms with Gasteiger partial charge in [0, 0.05) is 55.4 Å². The molecule has 1 aromatic heterocycles. The number of amides is 1. The minimum Gasteiger partial charge on any atom is -0.461 e. The standard InChI is InChI=1S/C33H37ClF2N6O3/c1-21(35)31(44)40-16-14-39(15-17-40)30-24-9-13-41(27-5-2-4-22-6-7-25(36)29(34)28(22)27)18-26(24)37-32(38-30)45-20-33-10-3-12-42(33)23(19-43)8-11-33/h2,4-7,23,43H,1,3,8-20H2. The lowest BCUT2D eigenvalue weighted by atomic mass is 9.95. The first-order valence-corrected chi connectivity index (χ1v) is 16.1. The number of hydrogen-bond donors (Lipinski definition) is 1. The van der Waals surface area contributed by atoms with Gasteiger partial charge in [-0.25, -0.2) is 8.78 Å². The van der Waals surface area contributed by atoms with E-state index < -0.39 is 17.6 Å². The summed E-state index contributed by atoms with van der Waals surface area (Å²) in [4.78, 5) is 30.2. The summed E-state index contributed by atoms with van der Waals surface area (Å²) in [6, 6.07) is 9.40. The third-order valence-corrected chi connectivity index (χ3v) is 10.5. The highest BCUT2D eigenvalue weighted by Gasteiger charge is 2.49. The van der Waals surface area contributed by atoms with E-state index in [2.05, 4.69) is 21.3 Å². The van der Waals surface area contributed by atoms with Gasteiger partial charge in [0.25, 0.3) is 5.91 Å². The largest absolute Gasteiger partial charge is 0.461 e. The minimum absolute atomic E-state index is 0.0998. The predicted octanol–water partition coefficient (Wildman–Crippen LogP) is 4.48. The minimum atomic E-state index is -0.956. The number of halogens is 3. The van der Waals surface area contributed by atoms with Crippen LogP contribution in [0.25, 0.3) is 10.8 Å². The first kappa shape index (κ1) is 30.1. The Morgan fingerprint density at radius 1 is 1.09 bits per heavy atom. The number of anilines is 2. The van der Waals surface area contributed by atoms with Crippen molar-refractivity contribution in [3.05, 3.63) is 64.8 Å². The van der Waals surface area contributed by atoms with Crippen molar-refractivity contribution in [3.63, 3.8) is 0 Å². The van der Waals surface area contributed by atoms with Crippen LogP contribution in [0, 0.1) is 5.82 Å². The summed E-state index contributed by atoms with van der Waals surface area (Å²) >= 11 is 6.49. The molecule has 4 aliphatic rings. The van der Waals surface area contributed by atoms with Gasteiger partial charge in [0.2, 0.25) is 0 Å². The van der Waals surface area contributed by atoms with Crippen LogP contribution in [0.15, 0.2) is 42.7 Å². The Bertz CT molecular complexity index is 1650. The lowest BCUT2D eigenvalue weighted by Gasteiger charge is -2.38. The van der Waals surface area contributed by atoms with Crippen LogP contribution >= 0.6 is 11.6 Å². The van der Waals surface area contributed by atoms with Crippen molar-refractivity contribution in [2.24, 2.45) is 0 Å². The first-order valence-electron chi connectivity index (χ1n) is 15.7. The Kier molecular flexibility index (Phi) is 8.03. The average Bonchev–Trinajstić information content (AvgIpc) is 3.63. The van der Waals surface area contributed by atoms with Crippen molar-refractivity contribution in [3.8, 4) is 6.01 Å². The van der Waals surface area contributed by atoms with E-state index in [1.165, 1.54) is 11.0 Å². The number of piperazine rings is 1. The molecular formula is C33H37ClF2N6O3. The number of fused-ring (bicyclic) bond motifs is 3. The lowest BCUT2D eigenvalue weighted by molar-refractivity contribution is -0.128. The fourth-order valence-corrected chi connectivity index (χ4v) is 8.04. The van der Waals surface area contributed by atoms with Crippen LogP contribution < -0.4 is 14.5 Å². The molecule has 9 nitrogen and oxygen atoms in total. The Morgan fingerprint density at radius 3 is 2.69 bits per heavy atom.